The molecule has 16 heavy (non-hydrogen) atoms. The van der Waals surface area contributed by atoms with Gasteiger partial charge in [-0.2, -0.15) is 0 Å². The minimum absolute atomic E-state index is 0.665. The molecular weight excluding hydrogens is 226 g/mol. The Kier molecular flexibility index (Phi) is 2.82. The summed E-state index contributed by atoms with van der Waals surface area (Å²) in [7, 11) is 1.87. The zero-order chi connectivity index (χ0) is 11.5. The Morgan fingerprint density at radius 2 is 2.25 bits per heavy atom. The highest BCUT2D eigenvalue weighted by atomic mass is 32.1. The maximum Gasteiger partial charge on any atom is 0.348 e. The van der Waals surface area contributed by atoms with Crippen molar-refractivity contribution in [1.29, 1.82) is 0 Å². The number of aromatic nitrogens is 1. The Balaban J connectivity index is 2.53. The molecule has 0 saturated heterocycles. The highest BCUT2D eigenvalue weighted by molar-refractivity contribution is 7.16. The third-order valence-corrected chi connectivity index (χ3v) is 3.13. The van der Waals surface area contributed by atoms with Crippen molar-refractivity contribution in [2.75, 3.05) is 0 Å². The van der Waals surface area contributed by atoms with E-state index >= 15 is 0 Å². The normalized spacial score (nSPS) is 12.7. The monoisotopic (exact) mass is 235 g/mol. The molecule has 0 bridgehead atoms. The molecule has 0 saturated carbocycles. The lowest BCUT2D eigenvalue weighted by Gasteiger charge is -1.92. The van der Waals surface area contributed by atoms with Crippen LogP contribution in [-0.4, -0.2) is 21.9 Å². The van der Waals surface area contributed by atoms with Crippen molar-refractivity contribution in [1.82, 2.24) is 4.57 Å². The maximum absolute atomic E-state index is 10.2. The van der Waals surface area contributed by atoms with Crippen molar-refractivity contribution in [3.05, 3.63) is 29.1 Å². The van der Waals surface area contributed by atoms with Crippen LogP contribution in [0.1, 0.15) is 0 Å². The molecule has 1 aromatic heterocycles. The first-order chi connectivity index (χ1) is 7.68. The molecular formula is C10H9N3O2S. The van der Waals surface area contributed by atoms with E-state index in [0.717, 1.165) is 16.4 Å². The smallest absolute Gasteiger partial charge is 0.348 e. The number of benzene rings is 1. The SMILES string of the molecule is Cn1c(=NN=CC(=O)O)sc2ccccc21. The fraction of sp³-hybridized carbons (Fsp3) is 0.100. The van der Waals surface area contributed by atoms with Gasteiger partial charge in [-0.1, -0.05) is 23.5 Å². The number of aliphatic carboxylic acids is 1. The van der Waals surface area contributed by atoms with E-state index in [4.69, 9.17) is 5.11 Å². The number of hydrogen-bond donors (Lipinski definition) is 1. The predicted molar refractivity (Wildman–Crippen MR) is 62.5 cm³/mol. The fourth-order valence-electron chi connectivity index (χ4n) is 1.31. The second kappa shape index (κ2) is 4.28. The highest BCUT2D eigenvalue weighted by Crippen LogP contribution is 2.14. The number of thiazole rings is 1. The van der Waals surface area contributed by atoms with Crippen LogP contribution in [0.5, 0.6) is 0 Å². The molecule has 0 atom stereocenters. The van der Waals surface area contributed by atoms with Crippen LogP contribution in [0.25, 0.3) is 10.2 Å². The lowest BCUT2D eigenvalue weighted by atomic mass is 10.3. The summed E-state index contributed by atoms with van der Waals surface area (Å²) in [6.07, 6.45) is 0.768. The minimum Gasteiger partial charge on any atom is -0.477 e. The van der Waals surface area contributed by atoms with Gasteiger partial charge in [0.05, 0.1) is 10.2 Å². The molecule has 0 unspecified atom stereocenters. The number of carboxylic acids is 1. The number of hydrogen-bond acceptors (Lipinski definition) is 4. The van der Waals surface area contributed by atoms with Crippen molar-refractivity contribution in [3.63, 3.8) is 0 Å². The summed E-state index contributed by atoms with van der Waals surface area (Å²) in [5.41, 5.74) is 1.05. The molecule has 5 nitrogen and oxygen atoms in total. The van der Waals surface area contributed by atoms with Crippen LogP contribution in [0.4, 0.5) is 0 Å². The van der Waals surface area contributed by atoms with Crippen molar-refractivity contribution in [2.24, 2.45) is 17.3 Å². The van der Waals surface area contributed by atoms with Gasteiger partial charge >= 0.3 is 5.97 Å². The van der Waals surface area contributed by atoms with Gasteiger partial charge < -0.3 is 9.67 Å². The molecule has 2 rings (SSSR count). The Labute approximate surface area is 95.0 Å². The van der Waals surface area contributed by atoms with Crippen LogP contribution >= 0.6 is 11.3 Å². The first kappa shape index (κ1) is 10.6. The summed E-state index contributed by atoms with van der Waals surface area (Å²) >= 11 is 1.47. The third-order valence-electron chi connectivity index (χ3n) is 2.03. The first-order valence-corrected chi connectivity index (χ1v) is 5.34. The van der Waals surface area contributed by atoms with E-state index in [1.54, 1.807) is 0 Å². The largest absolute Gasteiger partial charge is 0.477 e. The molecule has 6 heteroatoms. The summed E-state index contributed by atoms with van der Waals surface area (Å²) < 4.78 is 2.97. The molecule has 0 aliphatic heterocycles. The molecule has 2 aromatic rings. The van der Waals surface area contributed by atoms with Crippen molar-refractivity contribution in [3.8, 4) is 0 Å². The molecule has 0 radical (unpaired) electrons. The van der Waals surface area contributed by atoms with Crippen LogP contribution in [0.2, 0.25) is 0 Å². The number of fused-ring (bicyclic) bond motifs is 1. The average Bonchev–Trinajstić information content (AvgIpc) is 2.56. The quantitative estimate of drug-likeness (QED) is 0.628. The molecule has 82 valence electrons. The van der Waals surface area contributed by atoms with Gasteiger partial charge in [-0.15, -0.1) is 10.2 Å². The van der Waals surface area contributed by atoms with E-state index in [1.165, 1.54) is 11.3 Å². The van der Waals surface area contributed by atoms with Gasteiger partial charge in [0.2, 0.25) is 4.80 Å². The third kappa shape index (κ3) is 2.01. The molecule has 0 amide bonds. The lowest BCUT2D eigenvalue weighted by Crippen LogP contribution is -2.09. The first-order valence-electron chi connectivity index (χ1n) is 4.53. The van der Waals surface area contributed by atoms with Crippen LogP contribution in [0.3, 0.4) is 0 Å². The number of aryl methyl sites for hydroxylation is 1. The van der Waals surface area contributed by atoms with Gasteiger partial charge in [0.1, 0.15) is 6.21 Å². The van der Waals surface area contributed by atoms with Crippen LogP contribution in [0, 0.1) is 0 Å². The van der Waals surface area contributed by atoms with E-state index in [9.17, 15) is 4.79 Å². The molecule has 1 aromatic carbocycles. The average molecular weight is 235 g/mol. The number of rotatable bonds is 2. The van der Waals surface area contributed by atoms with Gasteiger partial charge in [-0.05, 0) is 12.1 Å². The van der Waals surface area contributed by atoms with Gasteiger partial charge in [-0.25, -0.2) is 4.79 Å². The fourth-order valence-corrected chi connectivity index (χ4v) is 2.28. The zero-order valence-electron chi connectivity index (χ0n) is 8.49. The van der Waals surface area contributed by atoms with Gasteiger partial charge in [0, 0.05) is 7.05 Å². The number of carboxylic acid groups (broad SMARTS) is 1. The van der Waals surface area contributed by atoms with Gasteiger partial charge in [0.15, 0.2) is 0 Å². The van der Waals surface area contributed by atoms with Crippen molar-refractivity contribution >= 4 is 33.7 Å². The predicted octanol–water partition coefficient (Wildman–Crippen LogP) is 1.21. The highest BCUT2D eigenvalue weighted by Gasteiger charge is 2.00. The Hall–Kier alpha value is -1.95. The lowest BCUT2D eigenvalue weighted by molar-refractivity contribution is -0.128. The Morgan fingerprint density at radius 1 is 1.50 bits per heavy atom. The topological polar surface area (TPSA) is 67.0 Å². The van der Waals surface area contributed by atoms with E-state index in [1.807, 2.05) is 35.9 Å². The van der Waals surface area contributed by atoms with Crippen LogP contribution < -0.4 is 4.80 Å². The van der Waals surface area contributed by atoms with E-state index in [0.29, 0.717) is 4.80 Å². The summed E-state index contributed by atoms with van der Waals surface area (Å²) in [6.45, 7) is 0. The summed E-state index contributed by atoms with van der Waals surface area (Å²) in [5, 5.41) is 15.7. The van der Waals surface area contributed by atoms with E-state index in [-0.39, 0.29) is 0 Å². The molecule has 1 N–H and O–H groups in total. The maximum atomic E-state index is 10.2. The standard InChI is InChI=1S/C10H9N3O2S/c1-13-7-4-2-3-5-8(7)16-10(13)12-11-6-9(14)15/h2-6H,1H3,(H,14,15). The number of nitrogens with zero attached hydrogens (tertiary/aromatic N) is 3. The summed E-state index contributed by atoms with van der Waals surface area (Å²) in [4.78, 5) is 10.9. The minimum atomic E-state index is -1.10. The van der Waals surface area contributed by atoms with Gasteiger partial charge in [0.25, 0.3) is 0 Å². The van der Waals surface area contributed by atoms with Crippen molar-refractivity contribution in [2.45, 2.75) is 0 Å². The second-order valence-corrected chi connectivity index (χ2v) is 4.10. The molecule has 0 spiro atoms. The Bertz CT molecular complexity index is 624. The number of para-hydroxylation sites is 1. The molecule has 1 heterocycles. The van der Waals surface area contributed by atoms with E-state index in [2.05, 4.69) is 10.2 Å². The summed E-state index contributed by atoms with van der Waals surface area (Å²) in [5.74, 6) is -1.10. The Morgan fingerprint density at radius 3 is 2.94 bits per heavy atom. The van der Waals surface area contributed by atoms with Gasteiger partial charge in [-0.3, -0.25) is 0 Å². The molecule has 0 aliphatic rings. The van der Waals surface area contributed by atoms with Crippen molar-refractivity contribution < 1.29 is 9.90 Å². The van der Waals surface area contributed by atoms with E-state index < -0.39 is 5.97 Å². The molecule has 0 aliphatic carbocycles. The van der Waals surface area contributed by atoms with Crippen LogP contribution in [-0.2, 0) is 11.8 Å². The number of carbonyl (C=O) groups is 1. The van der Waals surface area contributed by atoms with Crippen LogP contribution in [0.15, 0.2) is 34.5 Å². The summed E-state index contributed by atoms with van der Waals surface area (Å²) in [6, 6.07) is 7.86. The molecule has 0 fully saturated rings. The zero-order valence-corrected chi connectivity index (χ0v) is 9.31. The second-order valence-electron chi connectivity index (χ2n) is 3.09.